The molecular formula is C7H19NO2S. The van der Waals surface area contributed by atoms with Crippen LogP contribution in [-0.2, 0) is 4.79 Å². The molecule has 0 aromatic rings. The maximum Gasteiger partial charge on any atom is 0.134 e. The third-order valence-corrected chi connectivity index (χ3v) is 1.60. The summed E-state index contributed by atoms with van der Waals surface area (Å²) in [6.07, 6.45) is 2.73. The number of carbonyl (C=O) groups is 1. The lowest BCUT2D eigenvalue weighted by atomic mass is 10.5. The molecule has 0 rings (SSSR count). The van der Waals surface area contributed by atoms with Gasteiger partial charge in [0.25, 0.3) is 0 Å². The number of thioether (sulfide) groups is 1. The van der Waals surface area contributed by atoms with Crippen molar-refractivity contribution in [3.05, 3.63) is 0 Å². The second-order valence-corrected chi connectivity index (χ2v) is 2.22. The van der Waals surface area contributed by atoms with Gasteiger partial charge in [0.15, 0.2) is 0 Å². The lowest BCUT2D eigenvalue weighted by Gasteiger charge is -1.97. The third-order valence-electron chi connectivity index (χ3n) is 0.687. The van der Waals surface area contributed by atoms with Gasteiger partial charge in [-0.1, -0.05) is 13.8 Å². The summed E-state index contributed by atoms with van der Waals surface area (Å²) in [5, 5.41) is 7.00. The first-order chi connectivity index (χ1) is 5.35. The highest BCUT2D eigenvalue weighted by Crippen LogP contribution is 1.98. The summed E-state index contributed by atoms with van der Waals surface area (Å²) in [5.41, 5.74) is 5.14. The minimum atomic E-state index is -0.000000000000000222. The zero-order chi connectivity index (χ0) is 9.70. The van der Waals surface area contributed by atoms with Crippen molar-refractivity contribution in [3.63, 3.8) is 0 Å². The lowest BCUT2D eigenvalue weighted by molar-refractivity contribution is -0.107. The van der Waals surface area contributed by atoms with Crippen molar-refractivity contribution < 1.29 is 9.90 Å². The van der Waals surface area contributed by atoms with Gasteiger partial charge in [0, 0.05) is 13.7 Å². The maximum atomic E-state index is 9.87. The Hall–Kier alpha value is -0.0600. The van der Waals surface area contributed by atoms with Gasteiger partial charge in [-0.3, -0.25) is 0 Å². The molecule has 0 saturated carbocycles. The molecule has 1 atom stereocenters. The van der Waals surface area contributed by atoms with Crippen LogP contribution < -0.4 is 5.73 Å². The number of aldehydes is 1. The number of nitrogens with two attached hydrogens (primary N) is 1. The first kappa shape index (κ1) is 17.1. The predicted molar refractivity (Wildman–Crippen MR) is 51.9 cm³/mol. The number of hydrogen-bond acceptors (Lipinski definition) is 4. The molecule has 0 radical (unpaired) electrons. The van der Waals surface area contributed by atoms with Crippen molar-refractivity contribution in [1.82, 2.24) is 0 Å². The minimum Gasteiger partial charge on any atom is -0.400 e. The van der Waals surface area contributed by atoms with Crippen molar-refractivity contribution in [2.75, 3.05) is 19.9 Å². The van der Waals surface area contributed by atoms with E-state index in [0.717, 1.165) is 13.4 Å². The number of aliphatic hydroxyl groups is 1. The quantitative estimate of drug-likeness (QED) is 0.623. The van der Waals surface area contributed by atoms with E-state index in [9.17, 15) is 4.79 Å². The van der Waals surface area contributed by atoms with Crippen molar-refractivity contribution in [3.8, 4) is 0 Å². The molecule has 0 aliphatic rings. The molecule has 0 saturated heterocycles. The van der Waals surface area contributed by atoms with Gasteiger partial charge in [0.2, 0.25) is 0 Å². The van der Waals surface area contributed by atoms with Crippen LogP contribution in [0, 0.1) is 0 Å². The van der Waals surface area contributed by atoms with Crippen LogP contribution in [0.1, 0.15) is 13.8 Å². The summed E-state index contributed by atoms with van der Waals surface area (Å²) in [7, 11) is 1.00. The van der Waals surface area contributed by atoms with E-state index in [0.29, 0.717) is 6.54 Å². The average Bonchev–Trinajstić information content (AvgIpc) is 2.14. The van der Waals surface area contributed by atoms with Gasteiger partial charge in [-0.25, -0.2) is 0 Å². The summed E-state index contributed by atoms with van der Waals surface area (Å²) >= 11 is 1.48. The first-order valence-electron chi connectivity index (χ1n) is 3.48. The van der Waals surface area contributed by atoms with Gasteiger partial charge < -0.3 is 15.6 Å². The number of aliphatic hydroxyl groups excluding tert-OH is 1. The van der Waals surface area contributed by atoms with E-state index in [-0.39, 0.29) is 5.25 Å². The highest BCUT2D eigenvalue weighted by molar-refractivity contribution is 7.99. The van der Waals surface area contributed by atoms with Crippen LogP contribution in [0.15, 0.2) is 0 Å². The normalized spacial score (nSPS) is 9.64. The number of hydrogen-bond donors (Lipinski definition) is 2. The Kier molecular flexibility index (Phi) is 35.1. The van der Waals surface area contributed by atoms with Crippen LogP contribution in [0.2, 0.25) is 0 Å². The van der Waals surface area contributed by atoms with Gasteiger partial charge in [-0.15, -0.1) is 0 Å². The maximum absolute atomic E-state index is 9.87. The first-order valence-corrected chi connectivity index (χ1v) is 4.76. The Morgan fingerprint density at radius 2 is 1.91 bits per heavy atom. The fraction of sp³-hybridized carbons (Fsp3) is 0.857. The second-order valence-electron chi connectivity index (χ2n) is 1.15. The third kappa shape index (κ3) is 17.8. The molecule has 0 amide bonds. The van der Waals surface area contributed by atoms with Crippen molar-refractivity contribution in [2.24, 2.45) is 5.73 Å². The van der Waals surface area contributed by atoms with Gasteiger partial charge >= 0.3 is 0 Å². The highest BCUT2D eigenvalue weighted by Gasteiger charge is 1.97. The van der Waals surface area contributed by atoms with Crippen LogP contribution in [0.25, 0.3) is 0 Å². The van der Waals surface area contributed by atoms with Gasteiger partial charge in [-0.2, -0.15) is 11.8 Å². The smallest absolute Gasteiger partial charge is 0.134 e. The molecule has 0 heterocycles. The predicted octanol–water partition coefficient (Wildman–Crippen LogP) is 0.510. The van der Waals surface area contributed by atoms with Crippen molar-refractivity contribution >= 4 is 18.0 Å². The Balaban J connectivity index is -0.000000138. The number of rotatable bonds is 3. The molecule has 0 aromatic carbocycles. The lowest BCUT2D eigenvalue weighted by Crippen LogP contribution is -2.17. The highest BCUT2D eigenvalue weighted by atomic mass is 32.2. The Morgan fingerprint density at radius 3 is 1.91 bits per heavy atom. The molecule has 11 heavy (non-hydrogen) atoms. The molecule has 70 valence electrons. The monoisotopic (exact) mass is 181 g/mol. The molecule has 3 N–H and O–H groups in total. The average molecular weight is 181 g/mol. The molecule has 0 aromatic heterocycles. The largest absolute Gasteiger partial charge is 0.400 e. The van der Waals surface area contributed by atoms with E-state index in [1.165, 1.54) is 11.8 Å². The van der Waals surface area contributed by atoms with Crippen LogP contribution in [0.3, 0.4) is 0 Å². The minimum absolute atomic E-state index is 0.000000000000000222. The topological polar surface area (TPSA) is 63.3 Å². The SMILES string of the molecule is CC.CO.CSC(C=O)CN. The fourth-order valence-electron chi connectivity index (χ4n) is 0.207. The van der Waals surface area contributed by atoms with Crippen molar-refractivity contribution in [2.45, 2.75) is 19.1 Å². The molecule has 4 heteroatoms. The molecule has 0 aliphatic heterocycles. The van der Waals surface area contributed by atoms with Gasteiger partial charge in [0.1, 0.15) is 6.29 Å². The summed E-state index contributed by atoms with van der Waals surface area (Å²) in [6, 6.07) is 0. The van der Waals surface area contributed by atoms with Gasteiger partial charge in [0.05, 0.1) is 5.25 Å². The molecule has 0 aliphatic carbocycles. The zero-order valence-electron chi connectivity index (χ0n) is 7.70. The fourth-order valence-corrected chi connectivity index (χ4v) is 0.511. The van der Waals surface area contributed by atoms with E-state index >= 15 is 0 Å². The van der Waals surface area contributed by atoms with E-state index in [1.54, 1.807) is 0 Å². The Morgan fingerprint density at radius 1 is 1.55 bits per heavy atom. The van der Waals surface area contributed by atoms with Crippen LogP contribution in [0.4, 0.5) is 0 Å². The van der Waals surface area contributed by atoms with E-state index in [4.69, 9.17) is 10.8 Å². The second kappa shape index (κ2) is 22.5. The van der Waals surface area contributed by atoms with Crippen LogP contribution in [-0.4, -0.2) is 36.6 Å². The van der Waals surface area contributed by atoms with Crippen LogP contribution >= 0.6 is 11.8 Å². The molecular weight excluding hydrogens is 162 g/mol. The Labute approximate surface area is 73.4 Å². The zero-order valence-corrected chi connectivity index (χ0v) is 8.52. The summed E-state index contributed by atoms with van der Waals surface area (Å²) in [4.78, 5) is 9.87. The standard InChI is InChI=1S/C4H9NOS.C2H6.CH4O/c1-7-4(2-5)3-6;2*1-2/h3-4H,2,5H2,1H3;1-2H3;2H,1H3. The van der Waals surface area contributed by atoms with E-state index in [2.05, 4.69) is 0 Å². The summed E-state index contributed by atoms with van der Waals surface area (Å²) in [5.74, 6) is 0. The molecule has 0 fully saturated rings. The Bertz CT molecular complexity index is 58.4. The van der Waals surface area contributed by atoms with Crippen molar-refractivity contribution in [1.29, 1.82) is 0 Å². The molecule has 1 unspecified atom stereocenters. The van der Waals surface area contributed by atoms with E-state index in [1.807, 2.05) is 20.1 Å². The molecule has 0 spiro atoms. The number of carbonyl (C=O) groups excluding carboxylic acids is 1. The van der Waals surface area contributed by atoms with Gasteiger partial charge in [-0.05, 0) is 6.26 Å². The summed E-state index contributed by atoms with van der Waals surface area (Å²) < 4.78 is 0. The summed E-state index contributed by atoms with van der Waals surface area (Å²) in [6.45, 7) is 4.45. The molecule has 3 nitrogen and oxygen atoms in total. The van der Waals surface area contributed by atoms with E-state index < -0.39 is 0 Å². The molecule has 0 bridgehead atoms. The van der Waals surface area contributed by atoms with Crippen LogP contribution in [0.5, 0.6) is 0 Å².